The van der Waals surface area contributed by atoms with Crippen molar-refractivity contribution in [2.75, 3.05) is 37.3 Å². The summed E-state index contributed by atoms with van der Waals surface area (Å²) in [4.78, 5) is 12.9. The largest absolute Gasteiger partial charge is 0.354 e. The number of nitrogens with zero attached hydrogens (tertiary/aromatic N) is 6. The second-order valence-electron chi connectivity index (χ2n) is 7.40. The van der Waals surface area contributed by atoms with Gasteiger partial charge in [-0.25, -0.2) is 18.7 Å². The molecule has 2 aromatic heterocycles. The van der Waals surface area contributed by atoms with Crippen molar-refractivity contribution in [1.82, 2.24) is 24.6 Å². The van der Waals surface area contributed by atoms with Crippen LogP contribution in [0.25, 0.3) is 0 Å². The molecule has 0 bridgehead atoms. The molecule has 0 spiro atoms. The van der Waals surface area contributed by atoms with E-state index in [0.717, 1.165) is 45.6 Å². The Morgan fingerprint density at radius 2 is 1.86 bits per heavy atom. The summed E-state index contributed by atoms with van der Waals surface area (Å²) in [6, 6.07) is 1.43. The lowest BCUT2D eigenvalue weighted by Gasteiger charge is -2.35. The highest BCUT2D eigenvalue weighted by Crippen LogP contribution is 2.27. The van der Waals surface area contributed by atoms with Crippen LogP contribution in [0.2, 0.25) is 0 Å². The van der Waals surface area contributed by atoms with Gasteiger partial charge in [0.25, 0.3) is 6.43 Å². The molecule has 6 nitrogen and oxygen atoms in total. The Hall–Kier alpha value is -1.74. The summed E-state index contributed by atoms with van der Waals surface area (Å²) in [5.41, 5.74) is 3.85. The molecule has 1 aliphatic carbocycles. The number of thioether (sulfide) groups is 1. The average molecular weight is 409 g/mol. The van der Waals surface area contributed by atoms with E-state index < -0.39 is 6.43 Å². The van der Waals surface area contributed by atoms with Gasteiger partial charge in [0.15, 0.2) is 5.16 Å². The van der Waals surface area contributed by atoms with Gasteiger partial charge in [-0.15, -0.1) is 0 Å². The number of halogens is 2. The van der Waals surface area contributed by atoms with Crippen LogP contribution < -0.4 is 4.90 Å². The predicted octanol–water partition coefficient (Wildman–Crippen LogP) is 3.07. The molecule has 0 aromatic carbocycles. The van der Waals surface area contributed by atoms with Gasteiger partial charge in [0.05, 0.1) is 11.4 Å². The Labute approximate surface area is 168 Å². The van der Waals surface area contributed by atoms with E-state index >= 15 is 0 Å². The van der Waals surface area contributed by atoms with E-state index in [1.54, 1.807) is 6.26 Å². The normalized spacial score (nSPS) is 18.0. The molecule has 3 heterocycles. The molecule has 1 aliphatic heterocycles. The third kappa shape index (κ3) is 4.00. The third-order valence-electron chi connectivity index (χ3n) is 5.64. The number of hydrogen-bond donors (Lipinski definition) is 0. The molecule has 0 amide bonds. The van der Waals surface area contributed by atoms with E-state index in [1.165, 1.54) is 47.6 Å². The Morgan fingerprint density at radius 1 is 1.11 bits per heavy atom. The number of alkyl halides is 2. The lowest BCUT2D eigenvalue weighted by molar-refractivity contribution is 0.145. The molecule has 2 aliphatic rings. The standard InChI is InChI=1S/C19H26F2N6S/c1-25-16(13-5-3-4-6-14(13)24-25)12-26-7-9-27(10-8-26)17-11-15(18(20)21)22-19(23-17)28-2/h11,18H,3-10,12H2,1-2H3. The van der Waals surface area contributed by atoms with Gasteiger partial charge in [-0.3, -0.25) is 9.58 Å². The summed E-state index contributed by atoms with van der Waals surface area (Å²) in [6.07, 6.45) is 3.94. The summed E-state index contributed by atoms with van der Waals surface area (Å²) in [5, 5.41) is 5.11. The SMILES string of the molecule is CSc1nc(C(F)F)cc(N2CCN(Cc3c4c(nn3C)CCCC4)CC2)n1. The van der Waals surface area contributed by atoms with Crippen LogP contribution in [0.5, 0.6) is 0 Å². The molecular weight excluding hydrogens is 382 g/mol. The monoisotopic (exact) mass is 408 g/mol. The number of hydrogen-bond acceptors (Lipinski definition) is 6. The van der Waals surface area contributed by atoms with Crippen LogP contribution in [0.4, 0.5) is 14.6 Å². The van der Waals surface area contributed by atoms with Gasteiger partial charge in [-0.2, -0.15) is 5.10 Å². The molecule has 2 aromatic rings. The zero-order chi connectivity index (χ0) is 19.7. The first kappa shape index (κ1) is 19.6. The first-order valence-corrected chi connectivity index (χ1v) is 11.0. The van der Waals surface area contributed by atoms with Crippen molar-refractivity contribution in [3.63, 3.8) is 0 Å². The molecule has 0 radical (unpaired) electrons. The summed E-state index contributed by atoms with van der Waals surface area (Å²) >= 11 is 1.29. The number of fused-ring (bicyclic) bond motifs is 1. The van der Waals surface area contributed by atoms with Crippen molar-refractivity contribution >= 4 is 17.6 Å². The van der Waals surface area contributed by atoms with Crippen LogP contribution in [0.15, 0.2) is 11.2 Å². The van der Waals surface area contributed by atoms with Gasteiger partial charge in [-0.1, -0.05) is 11.8 Å². The Kier molecular flexibility index (Phi) is 5.82. The number of anilines is 1. The minimum Gasteiger partial charge on any atom is -0.354 e. The summed E-state index contributed by atoms with van der Waals surface area (Å²) < 4.78 is 28.3. The smallest absolute Gasteiger partial charge is 0.280 e. The number of aryl methyl sites for hydroxylation is 2. The van der Waals surface area contributed by atoms with Crippen molar-refractivity contribution in [2.24, 2.45) is 7.05 Å². The fourth-order valence-corrected chi connectivity index (χ4v) is 4.47. The minimum atomic E-state index is -2.58. The second-order valence-corrected chi connectivity index (χ2v) is 8.18. The molecule has 0 N–H and O–H groups in total. The zero-order valence-corrected chi connectivity index (χ0v) is 17.2. The Bertz CT molecular complexity index is 832. The molecule has 1 saturated heterocycles. The highest BCUT2D eigenvalue weighted by molar-refractivity contribution is 7.98. The number of aromatic nitrogens is 4. The van der Waals surface area contributed by atoms with Gasteiger partial charge >= 0.3 is 0 Å². The van der Waals surface area contributed by atoms with E-state index in [4.69, 9.17) is 5.10 Å². The Balaban J connectivity index is 1.43. The summed E-state index contributed by atoms with van der Waals surface area (Å²) in [7, 11) is 2.04. The fourth-order valence-electron chi connectivity index (χ4n) is 4.09. The quantitative estimate of drug-likeness (QED) is 0.560. The molecule has 9 heteroatoms. The molecule has 1 fully saturated rings. The van der Waals surface area contributed by atoms with Gasteiger partial charge < -0.3 is 4.90 Å². The van der Waals surface area contributed by atoms with E-state index in [-0.39, 0.29) is 5.69 Å². The van der Waals surface area contributed by atoms with Crippen LogP contribution in [0, 0.1) is 0 Å². The van der Waals surface area contributed by atoms with Crippen LogP contribution >= 0.6 is 11.8 Å². The maximum atomic E-state index is 13.1. The van der Waals surface area contributed by atoms with Crippen LogP contribution in [0.3, 0.4) is 0 Å². The number of piperazine rings is 1. The summed E-state index contributed by atoms with van der Waals surface area (Å²) in [5.74, 6) is 0.604. The topological polar surface area (TPSA) is 50.1 Å². The molecular formula is C19H26F2N6S. The first-order valence-electron chi connectivity index (χ1n) is 9.77. The maximum Gasteiger partial charge on any atom is 0.280 e. The predicted molar refractivity (Wildman–Crippen MR) is 106 cm³/mol. The van der Waals surface area contributed by atoms with Crippen molar-refractivity contribution in [2.45, 2.75) is 43.8 Å². The van der Waals surface area contributed by atoms with Gasteiger partial charge in [-0.05, 0) is 37.5 Å². The Morgan fingerprint density at radius 3 is 2.57 bits per heavy atom. The fraction of sp³-hybridized carbons (Fsp3) is 0.632. The lowest BCUT2D eigenvalue weighted by Crippen LogP contribution is -2.46. The van der Waals surface area contributed by atoms with Gasteiger partial charge in [0.2, 0.25) is 0 Å². The minimum absolute atomic E-state index is 0.196. The summed E-state index contributed by atoms with van der Waals surface area (Å²) in [6.45, 7) is 4.20. The van der Waals surface area contributed by atoms with E-state index in [0.29, 0.717) is 11.0 Å². The molecule has 4 rings (SSSR count). The average Bonchev–Trinajstić information content (AvgIpc) is 3.03. The van der Waals surface area contributed by atoms with Crippen LogP contribution in [-0.4, -0.2) is 57.1 Å². The van der Waals surface area contributed by atoms with Crippen molar-refractivity contribution in [3.05, 3.63) is 28.7 Å². The molecule has 28 heavy (non-hydrogen) atoms. The van der Waals surface area contributed by atoms with E-state index in [9.17, 15) is 8.78 Å². The van der Waals surface area contributed by atoms with Crippen LogP contribution in [-0.2, 0) is 26.4 Å². The molecule has 152 valence electrons. The molecule has 0 saturated carbocycles. The maximum absolute atomic E-state index is 13.1. The van der Waals surface area contributed by atoms with E-state index in [1.807, 2.05) is 11.7 Å². The molecule has 0 atom stereocenters. The van der Waals surface area contributed by atoms with Crippen molar-refractivity contribution in [3.8, 4) is 0 Å². The van der Waals surface area contributed by atoms with Gasteiger partial charge in [0.1, 0.15) is 11.5 Å². The number of rotatable bonds is 5. The second kappa shape index (κ2) is 8.32. The highest BCUT2D eigenvalue weighted by Gasteiger charge is 2.24. The first-order chi connectivity index (χ1) is 13.5. The van der Waals surface area contributed by atoms with Crippen LogP contribution in [0.1, 0.15) is 41.9 Å². The third-order valence-corrected chi connectivity index (χ3v) is 6.18. The van der Waals surface area contributed by atoms with Crippen molar-refractivity contribution in [1.29, 1.82) is 0 Å². The highest BCUT2D eigenvalue weighted by atomic mass is 32.2. The van der Waals surface area contributed by atoms with E-state index in [2.05, 4.69) is 19.8 Å². The van der Waals surface area contributed by atoms with Crippen molar-refractivity contribution < 1.29 is 8.78 Å². The zero-order valence-electron chi connectivity index (χ0n) is 16.4. The van der Waals surface area contributed by atoms with Gasteiger partial charge in [0, 0.05) is 45.8 Å². The molecule has 0 unspecified atom stereocenters. The lowest BCUT2D eigenvalue weighted by atomic mass is 9.95.